The lowest BCUT2D eigenvalue weighted by Gasteiger charge is -2.14. The molecule has 0 unspecified atom stereocenters. The van der Waals surface area contributed by atoms with Gasteiger partial charge in [0.05, 0.1) is 17.6 Å². The Hall–Kier alpha value is -3.45. The second-order valence-electron chi connectivity index (χ2n) is 7.69. The second-order valence-corrected chi connectivity index (χ2v) is 7.69. The number of fused-ring (bicyclic) bond motifs is 2. The third kappa shape index (κ3) is 4.36. The summed E-state index contributed by atoms with van der Waals surface area (Å²) < 4.78 is 7.03. The number of nitrogens with two attached hydrogens (primary N) is 1. The van der Waals surface area contributed by atoms with Crippen LogP contribution < -0.4 is 11.1 Å². The molecule has 2 aromatic carbocycles. The van der Waals surface area contributed by atoms with Gasteiger partial charge in [0, 0.05) is 19.7 Å². The summed E-state index contributed by atoms with van der Waals surface area (Å²) in [5, 5.41) is 3.09. The number of hydrogen-bond acceptors (Lipinski definition) is 5. The first-order valence-corrected chi connectivity index (χ1v) is 10.5. The molecule has 0 saturated carbocycles. The lowest BCUT2D eigenvalue weighted by molar-refractivity contribution is 0.0940. The van der Waals surface area contributed by atoms with Crippen LogP contribution in [-0.2, 0) is 17.7 Å². The van der Waals surface area contributed by atoms with E-state index in [-0.39, 0.29) is 11.9 Å². The predicted molar refractivity (Wildman–Crippen MR) is 123 cm³/mol. The molecule has 7 heteroatoms. The van der Waals surface area contributed by atoms with E-state index in [0.29, 0.717) is 35.7 Å². The Bertz CT molecular complexity index is 1200. The van der Waals surface area contributed by atoms with Crippen LogP contribution in [0.4, 0.5) is 5.82 Å². The largest absolute Gasteiger partial charge is 0.384 e. The lowest BCUT2D eigenvalue weighted by Crippen LogP contribution is -2.33. The highest BCUT2D eigenvalue weighted by Crippen LogP contribution is 2.28. The fourth-order valence-corrected chi connectivity index (χ4v) is 3.75. The third-order valence-corrected chi connectivity index (χ3v) is 5.42. The number of aromatic nitrogens is 3. The van der Waals surface area contributed by atoms with Crippen molar-refractivity contribution in [3.8, 4) is 0 Å². The number of benzene rings is 2. The molecule has 4 aromatic rings. The molecular formula is C24H27N5O2. The Morgan fingerprint density at radius 3 is 2.48 bits per heavy atom. The van der Waals surface area contributed by atoms with E-state index in [1.54, 1.807) is 7.11 Å². The molecule has 0 aliphatic carbocycles. The number of hydrogen-bond donors (Lipinski definition) is 2. The molecule has 0 aliphatic rings. The molecule has 3 N–H and O–H groups in total. The number of amides is 1. The van der Waals surface area contributed by atoms with Crippen molar-refractivity contribution in [1.82, 2.24) is 19.9 Å². The highest BCUT2D eigenvalue weighted by Gasteiger charge is 2.24. The van der Waals surface area contributed by atoms with Gasteiger partial charge in [-0.25, -0.2) is 9.97 Å². The van der Waals surface area contributed by atoms with Crippen LogP contribution in [0.25, 0.3) is 22.2 Å². The van der Waals surface area contributed by atoms with E-state index in [0.717, 1.165) is 23.9 Å². The van der Waals surface area contributed by atoms with E-state index in [9.17, 15) is 4.79 Å². The first-order valence-electron chi connectivity index (χ1n) is 10.5. The number of rotatable bonds is 8. The summed E-state index contributed by atoms with van der Waals surface area (Å²) >= 11 is 0. The molecule has 0 spiro atoms. The molecule has 1 amide bonds. The molecule has 7 nitrogen and oxygen atoms in total. The van der Waals surface area contributed by atoms with Crippen molar-refractivity contribution in [2.75, 3.05) is 19.5 Å². The van der Waals surface area contributed by atoms with E-state index < -0.39 is 0 Å². The predicted octanol–water partition coefficient (Wildman–Crippen LogP) is 3.56. The van der Waals surface area contributed by atoms with E-state index in [1.807, 2.05) is 54.0 Å². The van der Waals surface area contributed by atoms with Gasteiger partial charge in [-0.05, 0) is 37.5 Å². The highest BCUT2D eigenvalue weighted by atomic mass is 16.5. The Labute approximate surface area is 181 Å². The number of para-hydroxylation sites is 2. The number of methoxy groups -OCH3 is 1. The van der Waals surface area contributed by atoms with Crippen molar-refractivity contribution < 1.29 is 9.53 Å². The van der Waals surface area contributed by atoms with E-state index in [2.05, 4.69) is 17.4 Å². The average molecular weight is 418 g/mol. The zero-order valence-corrected chi connectivity index (χ0v) is 17.8. The molecule has 2 heterocycles. The van der Waals surface area contributed by atoms with Gasteiger partial charge in [-0.15, -0.1) is 0 Å². The van der Waals surface area contributed by atoms with Crippen LogP contribution in [0.15, 0.2) is 54.6 Å². The number of ether oxygens (including phenoxy) is 1. The molecule has 0 fully saturated rings. The molecule has 0 bridgehead atoms. The van der Waals surface area contributed by atoms with Crippen molar-refractivity contribution in [2.45, 2.75) is 32.4 Å². The van der Waals surface area contributed by atoms with Crippen LogP contribution in [0.5, 0.6) is 0 Å². The van der Waals surface area contributed by atoms with Gasteiger partial charge in [0.1, 0.15) is 16.9 Å². The summed E-state index contributed by atoms with van der Waals surface area (Å²) in [5.41, 5.74) is 10.6. The van der Waals surface area contributed by atoms with Gasteiger partial charge < -0.3 is 20.4 Å². The van der Waals surface area contributed by atoms with Crippen molar-refractivity contribution in [3.63, 3.8) is 0 Å². The normalized spacial score (nSPS) is 12.3. The second kappa shape index (κ2) is 9.14. The number of carbonyl (C=O) groups excluding carboxylic acids is 1. The van der Waals surface area contributed by atoms with Crippen LogP contribution in [-0.4, -0.2) is 40.2 Å². The Kier molecular flexibility index (Phi) is 6.13. The van der Waals surface area contributed by atoms with Crippen molar-refractivity contribution in [2.24, 2.45) is 0 Å². The smallest absolute Gasteiger partial charge is 0.257 e. The quantitative estimate of drug-likeness (QED) is 0.457. The maximum Gasteiger partial charge on any atom is 0.257 e. The molecule has 1 atom stereocenters. The summed E-state index contributed by atoms with van der Waals surface area (Å²) in [4.78, 5) is 22.7. The number of anilines is 1. The van der Waals surface area contributed by atoms with Gasteiger partial charge in [0.2, 0.25) is 0 Å². The van der Waals surface area contributed by atoms with Gasteiger partial charge in [0.15, 0.2) is 5.65 Å². The molecule has 0 saturated heterocycles. The number of nitrogen functional groups attached to an aromatic ring is 1. The minimum absolute atomic E-state index is 0.0158. The van der Waals surface area contributed by atoms with Gasteiger partial charge in [-0.2, -0.15) is 0 Å². The zero-order chi connectivity index (χ0) is 21.8. The Morgan fingerprint density at radius 1 is 1.10 bits per heavy atom. The fraction of sp³-hybridized carbons (Fsp3) is 0.292. The average Bonchev–Trinajstić information content (AvgIpc) is 3.05. The number of nitrogens with one attached hydrogen (secondary N) is 1. The molecule has 0 radical (unpaired) electrons. The molecular weight excluding hydrogens is 390 g/mol. The minimum Gasteiger partial charge on any atom is -0.384 e. The van der Waals surface area contributed by atoms with Crippen LogP contribution >= 0.6 is 0 Å². The SMILES string of the molecule is COCCn1c(N)c(C(=O)N[C@H](C)CCc2ccccc2)c2nc3ccccc3nc21. The molecule has 160 valence electrons. The summed E-state index contributed by atoms with van der Waals surface area (Å²) in [5.74, 6) is 0.124. The zero-order valence-electron chi connectivity index (χ0n) is 17.8. The van der Waals surface area contributed by atoms with Crippen molar-refractivity contribution in [1.29, 1.82) is 0 Å². The summed E-state index contributed by atoms with van der Waals surface area (Å²) in [6.45, 7) is 2.95. The van der Waals surface area contributed by atoms with Crippen molar-refractivity contribution >= 4 is 33.9 Å². The topological polar surface area (TPSA) is 95.1 Å². The first-order chi connectivity index (χ1) is 15.1. The van der Waals surface area contributed by atoms with Gasteiger partial charge >= 0.3 is 0 Å². The van der Waals surface area contributed by atoms with E-state index in [4.69, 9.17) is 20.4 Å². The lowest BCUT2D eigenvalue weighted by atomic mass is 10.1. The van der Waals surface area contributed by atoms with E-state index in [1.165, 1.54) is 5.56 Å². The van der Waals surface area contributed by atoms with Crippen LogP contribution in [0.2, 0.25) is 0 Å². The van der Waals surface area contributed by atoms with Crippen LogP contribution in [0.1, 0.15) is 29.3 Å². The highest BCUT2D eigenvalue weighted by molar-refractivity contribution is 6.10. The van der Waals surface area contributed by atoms with Gasteiger partial charge in [-0.3, -0.25) is 4.79 Å². The number of carbonyl (C=O) groups is 1. The molecule has 0 aliphatic heterocycles. The first kappa shape index (κ1) is 20.8. The van der Waals surface area contributed by atoms with E-state index >= 15 is 0 Å². The summed E-state index contributed by atoms with van der Waals surface area (Å²) in [7, 11) is 1.63. The summed E-state index contributed by atoms with van der Waals surface area (Å²) in [6.07, 6.45) is 1.71. The fourth-order valence-electron chi connectivity index (χ4n) is 3.75. The van der Waals surface area contributed by atoms with Crippen LogP contribution in [0, 0.1) is 0 Å². The number of aryl methyl sites for hydroxylation is 1. The third-order valence-electron chi connectivity index (χ3n) is 5.42. The maximum atomic E-state index is 13.2. The number of nitrogens with zero attached hydrogens (tertiary/aromatic N) is 3. The Balaban J connectivity index is 1.64. The maximum absolute atomic E-state index is 13.2. The molecule has 2 aromatic heterocycles. The standard InChI is InChI=1S/C24H27N5O2/c1-16(12-13-17-8-4-3-5-9-17)26-24(30)20-21-23(29(22(20)25)14-15-31-2)28-19-11-7-6-10-18(19)27-21/h3-11,16H,12-15,25H2,1-2H3,(H,26,30)/t16-/m1/s1. The summed E-state index contributed by atoms with van der Waals surface area (Å²) in [6, 6.07) is 17.8. The minimum atomic E-state index is -0.233. The van der Waals surface area contributed by atoms with Crippen LogP contribution in [0.3, 0.4) is 0 Å². The van der Waals surface area contributed by atoms with Crippen molar-refractivity contribution in [3.05, 3.63) is 65.7 Å². The van der Waals surface area contributed by atoms with Gasteiger partial charge in [-0.1, -0.05) is 42.5 Å². The molecule has 4 rings (SSSR count). The Morgan fingerprint density at radius 2 is 1.77 bits per heavy atom. The monoisotopic (exact) mass is 417 g/mol. The molecule has 31 heavy (non-hydrogen) atoms. The van der Waals surface area contributed by atoms with Gasteiger partial charge in [0.25, 0.3) is 5.91 Å².